The second kappa shape index (κ2) is 7.64. The van der Waals surface area contributed by atoms with Gasteiger partial charge >= 0.3 is 0 Å². The number of halogens is 2. The van der Waals surface area contributed by atoms with Crippen LogP contribution in [0, 0.1) is 18.6 Å². The normalized spacial score (nSPS) is 10.4. The molecule has 0 aliphatic rings. The van der Waals surface area contributed by atoms with Crippen LogP contribution < -0.4 is 10.6 Å². The van der Waals surface area contributed by atoms with Crippen LogP contribution in [0.3, 0.4) is 0 Å². The van der Waals surface area contributed by atoms with E-state index < -0.39 is 17.5 Å². The third kappa shape index (κ3) is 4.35. The summed E-state index contributed by atoms with van der Waals surface area (Å²) in [4.78, 5) is 24.5. The molecule has 0 radical (unpaired) electrons. The average molecular weight is 355 g/mol. The summed E-state index contributed by atoms with van der Waals surface area (Å²) in [5.74, 6) is -1.27. The van der Waals surface area contributed by atoms with Gasteiger partial charge in [-0.15, -0.1) is 0 Å². The predicted octanol–water partition coefficient (Wildman–Crippen LogP) is 3.13. The maximum atomic E-state index is 13.8. The van der Waals surface area contributed by atoms with Crippen molar-refractivity contribution in [3.8, 4) is 0 Å². The molecule has 3 aromatic rings. The summed E-state index contributed by atoms with van der Waals surface area (Å²) in [6, 6.07) is 8.15. The number of nitrogens with zero attached hydrogens (tertiary/aromatic N) is 3. The Kier molecular flexibility index (Phi) is 5.12. The Bertz CT molecular complexity index is 934. The van der Waals surface area contributed by atoms with Crippen molar-refractivity contribution in [2.75, 3.05) is 5.32 Å². The number of aryl methyl sites for hydroxylation is 1. The quantitative estimate of drug-likeness (QED) is 0.735. The Morgan fingerprint density at radius 2 is 2.00 bits per heavy atom. The first-order valence-electron chi connectivity index (χ1n) is 7.76. The van der Waals surface area contributed by atoms with Gasteiger partial charge in [0.2, 0.25) is 0 Å². The molecule has 132 valence electrons. The molecular formula is C18H15F2N5O. The van der Waals surface area contributed by atoms with E-state index in [9.17, 15) is 13.6 Å². The topological polar surface area (TPSA) is 79.8 Å². The van der Waals surface area contributed by atoms with Crippen LogP contribution in [-0.4, -0.2) is 20.9 Å². The van der Waals surface area contributed by atoms with Gasteiger partial charge in [-0.05, 0) is 30.7 Å². The first kappa shape index (κ1) is 17.4. The van der Waals surface area contributed by atoms with Crippen LogP contribution in [0.15, 0.2) is 48.8 Å². The van der Waals surface area contributed by atoms with Gasteiger partial charge in [0.15, 0.2) is 0 Å². The van der Waals surface area contributed by atoms with Crippen molar-refractivity contribution in [3.05, 3.63) is 77.5 Å². The van der Waals surface area contributed by atoms with Crippen molar-refractivity contribution < 1.29 is 13.6 Å². The standard InChI is InChI=1S/C18H15F2N5O/c1-11-23-16(18(26)22-10-12-3-2-6-21-9-12)8-17(24-11)25-15-5-4-13(19)7-14(15)20/h2-9H,10H2,1H3,(H,22,26)(H,23,24,25). The fraction of sp³-hybridized carbons (Fsp3) is 0.111. The SMILES string of the molecule is Cc1nc(Nc2ccc(F)cc2F)cc(C(=O)NCc2cccnc2)n1. The third-order valence-corrected chi connectivity index (χ3v) is 3.44. The van der Waals surface area contributed by atoms with Crippen molar-refractivity contribution in [2.45, 2.75) is 13.5 Å². The predicted molar refractivity (Wildman–Crippen MR) is 91.8 cm³/mol. The number of hydrogen-bond donors (Lipinski definition) is 2. The van der Waals surface area contributed by atoms with Gasteiger partial charge in [0, 0.05) is 31.1 Å². The van der Waals surface area contributed by atoms with Crippen LogP contribution in [0.1, 0.15) is 21.9 Å². The first-order valence-corrected chi connectivity index (χ1v) is 7.76. The number of benzene rings is 1. The van der Waals surface area contributed by atoms with Crippen LogP contribution in [0.5, 0.6) is 0 Å². The molecule has 6 nitrogen and oxygen atoms in total. The van der Waals surface area contributed by atoms with E-state index in [-0.39, 0.29) is 17.2 Å². The highest BCUT2D eigenvalue weighted by molar-refractivity contribution is 5.93. The zero-order chi connectivity index (χ0) is 18.5. The van der Waals surface area contributed by atoms with E-state index in [2.05, 4.69) is 25.6 Å². The van der Waals surface area contributed by atoms with Crippen LogP contribution in [0.4, 0.5) is 20.3 Å². The second-order valence-corrected chi connectivity index (χ2v) is 5.48. The van der Waals surface area contributed by atoms with E-state index in [4.69, 9.17) is 0 Å². The van der Waals surface area contributed by atoms with E-state index in [1.165, 1.54) is 12.1 Å². The summed E-state index contributed by atoms with van der Waals surface area (Å²) in [6.45, 7) is 1.91. The lowest BCUT2D eigenvalue weighted by molar-refractivity contribution is 0.0945. The summed E-state index contributed by atoms with van der Waals surface area (Å²) in [5, 5.41) is 5.46. The minimum absolute atomic E-state index is 0.0474. The minimum atomic E-state index is -0.760. The van der Waals surface area contributed by atoms with E-state index >= 15 is 0 Å². The van der Waals surface area contributed by atoms with Gasteiger partial charge in [0.1, 0.15) is 29.0 Å². The van der Waals surface area contributed by atoms with Gasteiger partial charge in [-0.1, -0.05) is 6.07 Å². The first-order chi connectivity index (χ1) is 12.5. The van der Waals surface area contributed by atoms with E-state index in [1.807, 2.05) is 6.07 Å². The molecule has 0 aliphatic carbocycles. The zero-order valence-electron chi connectivity index (χ0n) is 13.8. The molecule has 0 saturated carbocycles. The average Bonchev–Trinajstić information content (AvgIpc) is 2.62. The van der Waals surface area contributed by atoms with E-state index in [0.717, 1.165) is 17.7 Å². The molecule has 0 fully saturated rings. The monoisotopic (exact) mass is 355 g/mol. The molecule has 0 bridgehead atoms. The lowest BCUT2D eigenvalue weighted by Gasteiger charge is -2.10. The number of hydrogen-bond acceptors (Lipinski definition) is 5. The molecule has 0 unspecified atom stereocenters. The molecule has 2 N–H and O–H groups in total. The van der Waals surface area contributed by atoms with Gasteiger partial charge in [-0.3, -0.25) is 9.78 Å². The van der Waals surface area contributed by atoms with Crippen molar-refractivity contribution in [3.63, 3.8) is 0 Å². The van der Waals surface area contributed by atoms with Crippen molar-refractivity contribution in [1.82, 2.24) is 20.3 Å². The fourth-order valence-electron chi connectivity index (χ4n) is 2.25. The third-order valence-electron chi connectivity index (χ3n) is 3.44. The van der Waals surface area contributed by atoms with Crippen molar-refractivity contribution >= 4 is 17.4 Å². The number of rotatable bonds is 5. The van der Waals surface area contributed by atoms with Crippen molar-refractivity contribution in [2.24, 2.45) is 0 Å². The van der Waals surface area contributed by atoms with Crippen LogP contribution in [0.2, 0.25) is 0 Å². The number of nitrogens with one attached hydrogen (secondary N) is 2. The second-order valence-electron chi connectivity index (χ2n) is 5.48. The molecule has 1 amide bonds. The maximum absolute atomic E-state index is 13.8. The molecule has 3 rings (SSSR count). The van der Waals surface area contributed by atoms with E-state index in [1.54, 1.807) is 25.4 Å². The Morgan fingerprint density at radius 1 is 1.15 bits per heavy atom. The highest BCUT2D eigenvalue weighted by atomic mass is 19.1. The molecule has 0 saturated heterocycles. The van der Waals surface area contributed by atoms with Gasteiger partial charge in [0.05, 0.1) is 5.69 Å². The lowest BCUT2D eigenvalue weighted by Crippen LogP contribution is -2.24. The van der Waals surface area contributed by atoms with Crippen LogP contribution in [-0.2, 0) is 6.54 Å². The lowest BCUT2D eigenvalue weighted by atomic mass is 10.2. The van der Waals surface area contributed by atoms with Gasteiger partial charge in [-0.25, -0.2) is 18.7 Å². The summed E-state index contributed by atoms with van der Waals surface area (Å²) in [6.07, 6.45) is 3.29. The molecule has 0 aliphatic heterocycles. The largest absolute Gasteiger partial charge is 0.347 e. The summed E-state index contributed by atoms with van der Waals surface area (Å²) in [7, 11) is 0. The summed E-state index contributed by atoms with van der Waals surface area (Å²) >= 11 is 0. The number of amides is 1. The number of pyridine rings is 1. The molecule has 1 aromatic carbocycles. The smallest absolute Gasteiger partial charge is 0.270 e. The minimum Gasteiger partial charge on any atom is -0.347 e. The van der Waals surface area contributed by atoms with Crippen LogP contribution in [0.25, 0.3) is 0 Å². The molecule has 8 heteroatoms. The Morgan fingerprint density at radius 3 is 2.73 bits per heavy atom. The molecule has 0 atom stereocenters. The maximum Gasteiger partial charge on any atom is 0.270 e. The van der Waals surface area contributed by atoms with E-state index in [0.29, 0.717) is 12.4 Å². The fourth-order valence-corrected chi connectivity index (χ4v) is 2.25. The highest BCUT2D eigenvalue weighted by Gasteiger charge is 2.12. The molecule has 2 heterocycles. The Balaban J connectivity index is 1.75. The Labute approximate surface area is 148 Å². The molecule has 0 spiro atoms. The zero-order valence-corrected chi connectivity index (χ0v) is 13.8. The van der Waals surface area contributed by atoms with Gasteiger partial charge in [0.25, 0.3) is 5.91 Å². The summed E-state index contributed by atoms with van der Waals surface area (Å²) < 4.78 is 26.8. The number of aromatic nitrogens is 3. The molecular weight excluding hydrogens is 340 g/mol. The highest BCUT2D eigenvalue weighted by Crippen LogP contribution is 2.20. The Hall–Kier alpha value is -3.42. The van der Waals surface area contributed by atoms with Crippen LogP contribution >= 0.6 is 0 Å². The van der Waals surface area contributed by atoms with Gasteiger partial charge in [-0.2, -0.15) is 0 Å². The number of carbonyl (C=O) groups excluding carboxylic acids is 1. The number of anilines is 2. The van der Waals surface area contributed by atoms with Crippen molar-refractivity contribution in [1.29, 1.82) is 0 Å². The van der Waals surface area contributed by atoms with Gasteiger partial charge < -0.3 is 10.6 Å². The number of carbonyl (C=O) groups is 1. The molecule has 2 aromatic heterocycles. The molecule has 26 heavy (non-hydrogen) atoms. The summed E-state index contributed by atoms with van der Waals surface area (Å²) in [5.41, 5.74) is 1.02.